The summed E-state index contributed by atoms with van der Waals surface area (Å²) in [6.07, 6.45) is 5.36. The van der Waals surface area contributed by atoms with Gasteiger partial charge in [0.05, 0.1) is 26.7 Å². The van der Waals surface area contributed by atoms with Gasteiger partial charge in [0.25, 0.3) is 0 Å². The minimum Gasteiger partial charge on any atom is -0.497 e. The molecule has 0 spiro atoms. The highest BCUT2D eigenvalue weighted by Gasteiger charge is 2.38. The SMILES string of the molecule is COc1ccc(CC(=O)N2CCCC(N(CCCN3CCOCC3)C(=O)C3CC3)C2)cc1. The Balaban J connectivity index is 1.33. The van der Waals surface area contributed by atoms with E-state index in [4.69, 9.17) is 9.47 Å². The maximum absolute atomic E-state index is 13.1. The van der Waals surface area contributed by atoms with Gasteiger partial charge in [0, 0.05) is 51.2 Å². The third-order valence-corrected chi connectivity index (χ3v) is 6.89. The summed E-state index contributed by atoms with van der Waals surface area (Å²) >= 11 is 0. The molecule has 0 N–H and O–H groups in total. The monoisotopic (exact) mass is 443 g/mol. The molecule has 7 nitrogen and oxygen atoms in total. The molecule has 32 heavy (non-hydrogen) atoms. The van der Waals surface area contributed by atoms with Crippen molar-refractivity contribution in [3.8, 4) is 5.75 Å². The third kappa shape index (κ3) is 6.23. The number of amides is 2. The van der Waals surface area contributed by atoms with E-state index in [9.17, 15) is 9.59 Å². The number of ether oxygens (including phenoxy) is 2. The largest absolute Gasteiger partial charge is 0.497 e. The second-order valence-corrected chi connectivity index (χ2v) is 9.27. The van der Waals surface area contributed by atoms with Crippen LogP contribution in [0.15, 0.2) is 24.3 Å². The van der Waals surface area contributed by atoms with Crippen molar-refractivity contribution in [2.75, 3.05) is 59.6 Å². The molecule has 3 aliphatic rings. The summed E-state index contributed by atoms with van der Waals surface area (Å²) in [4.78, 5) is 32.6. The lowest BCUT2D eigenvalue weighted by atomic mass is 10.0. The van der Waals surface area contributed by atoms with Crippen LogP contribution in [0.5, 0.6) is 5.75 Å². The summed E-state index contributed by atoms with van der Waals surface area (Å²) in [5, 5.41) is 0. The van der Waals surface area contributed by atoms with Crippen molar-refractivity contribution < 1.29 is 19.1 Å². The van der Waals surface area contributed by atoms with Crippen LogP contribution in [-0.2, 0) is 20.7 Å². The van der Waals surface area contributed by atoms with Gasteiger partial charge in [0.15, 0.2) is 0 Å². The highest BCUT2D eigenvalue weighted by atomic mass is 16.5. The van der Waals surface area contributed by atoms with Crippen LogP contribution in [0.25, 0.3) is 0 Å². The fourth-order valence-electron chi connectivity index (χ4n) is 4.79. The minimum absolute atomic E-state index is 0.140. The summed E-state index contributed by atoms with van der Waals surface area (Å²) in [5.41, 5.74) is 0.995. The Labute approximate surface area is 191 Å². The maximum Gasteiger partial charge on any atom is 0.227 e. The number of nitrogens with zero attached hydrogens (tertiary/aromatic N) is 3. The molecule has 1 aromatic rings. The number of morpholine rings is 1. The lowest BCUT2D eigenvalue weighted by molar-refractivity contribution is -0.140. The molecule has 1 unspecified atom stereocenters. The van der Waals surface area contributed by atoms with E-state index in [0.717, 1.165) is 89.4 Å². The summed E-state index contributed by atoms with van der Waals surface area (Å²) in [6.45, 7) is 6.80. The first-order chi connectivity index (χ1) is 15.6. The minimum atomic E-state index is 0.140. The summed E-state index contributed by atoms with van der Waals surface area (Å²) < 4.78 is 10.6. The van der Waals surface area contributed by atoms with E-state index in [2.05, 4.69) is 9.80 Å². The molecule has 2 saturated heterocycles. The first-order valence-electron chi connectivity index (χ1n) is 12.2. The Morgan fingerprint density at radius 2 is 1.84 bits per heavy atom. The van der Waals surface area contributed by atoms with Crippen molar-refractivity contribution >= 4 is 11.8 Å². The van der Waals surface area contributed by atoms with Gasteiger partial charge in [-0.15, -0.1) is 0 Å². The average molecular weight is 444 g/mol. The lowest BCUT2D eigenvalue weighted by Gasteiger charge is -2.40. The molecule has 0 aromatic heterocycles. The number of benzene rings is 1. The van der Waals surface area contributed by atoms with E-state index in [1.54, 1.807) is 7.11 Å². The summed E-state index contributed by atoms with van der Waals surface area (Å²) in [5.74, 6) is 1.46. The van der Waals surface area contributed by atoms with Gasteiger partial charge < -0.3 is 19.3 Å². The second-order valence-electron chi connectivity index (χ2n) is 9.27. The standard InChI is InChI=1S/C25H37N3O4/c1-31-23-9-5-20(6-10-23)18-24(29)27-12-2-4-22(19-27)28(25(30)21-7-8-21)13-3-11-26-14-16-32-17-15-26/h5-6,9-10,21-22H,2-4,7-8,11-19H2,1H3. The van der Waals surface area contributed by atoms with E-state index in [1.807, 2.05) is 29.2 Å². The van der Waals surface area contributed by atoms with Crippen LogP contribution in [0.1, 0.15) is 37.7 Å². The first-order valence-corrected chi connectivity index (χ1v) is 12.2. The Morgan fingerprint density at radius 1 is 1.09 bits per heavy atom. The molecular weight excluding hydrogens is 406 g/mol. The molecule has 1 aromatic carbocycles. The molecule has 176 valence electrons. The third-order valence-electron chi connectivity index (χ3n) is 6.89. The molecule has 3 fully saturated rings. The van der Waals surface area contributed by atoms with Crippen molar-refractivity contribution in [1.29, 1.82) is 0 Å². The van der Waals surface area contributed by atoms with Crippen LogP contribution in [0.4, 0.5) is 0 Å². The molecule has 1 aliphatic carbocycles. The molecular formula is C25H37N3O4. The zero-order valence-corrected chi connectivity index (χ0v) is 19.3. The van der Waals surface area contributed by atoms with Crippen LogP contribution in [-0.4, -0.2) is 92.1 Å². The van der Waals surface area contributed by atoms with Crippen molar-refractivity contribution in [2.45, 2.75) is 44.6 Å². The predicted octanol–water partition coefficient (Wildman–Crippen LogP) is 2.19. The van der Waals surface area contributed by atoms with Gasteiger partial charge in [0.2, 0.25) is 11.8 Å². The molecule has 1 atom stereocenters. The van der Waals surface area contributed by atoms with Crippen LogP contribution < -0.4 is 4.74 Å². The zero-order valence-electron chi connectivity index (χ0n) is 19.3. The highest BCUT2D eigenvalue weighted by Crippen LogP contribution is 2.33. The summed E-state index contributed by atoms with van der Waals surface area (Å²) in [7, 11) is 1.64. The number of rotatable bonds is 9. The fourth-order valence-corrected chi connectivity index (χ4v) is 4.79. The van der Waals surface area contributed by atoms with Gasteiger partial charge in [-0.05, 0) is 49.8 Å². The van der Waals surface area contributed by atoms with Gasteiger partial charge in [0.1, 0.15) is 5.75 Å². The molecule has 4 rings (SSSR count). The maximum atomic E-state index is 13.1. The molecule has 2 amide bonds. The smallest absolute Gasteiger partial charge is 0.227 e. The first kappa shape index (κ1) is 23.1. The van der Waals surface area contributed by atoms with Crippen LogP contribution in [0.3, 0.4) is 0 Å². The van der Waals surface area contributed by atoms with Crippen LogP contribution in [0, 0.1) is 5.92 Å². The van der Waals surface area contributed by atoms with Crippen molar-refractivity contribution in [3.63, 3.8) is 0 Å². The van der Waals surface area contributed by atoms with E-state index in [1.165, 1.54) is 0 Å². The number of likely N-dealkylation sites (tertiary alicyclic amines) is 1. The Bertz CT molecular complexity index is 759. The van der Waals surface area contributed by atoms with Crippen molar-refractivity contribution in [1.82, 2.24) is 14.7 Å². The predicted molar refractivity (Wildman–Crippen MR) is 123 cm³/mol. The van der Waals surface area contributed by atoms with Crippen molar-refractivity contribution in [2.24, 2.45) is 5.92 Å². The quantitative estimate of drug-likeness (QED) is 0.586. The summed E-state index contributed by atoms with van der Waals surface area (Å²) in [6, 6.07) is 7.83. The Kier molecular flexibility index (Phi) is 8.03. The van der Waals surface area contributed by atoms with E-state index < -0.39 is 0 Å². The Hall–Kier alpha value is -2.12. The van der Waals surface area contributed by atoms with Gasteiger partial charge in [-0.1, -0.05) is 12.1 Å². The number of carbonyl (C=O) groups is 2. The average Bonchev–Trinajstić information content (AvgIpc) is 3.68. The number of hydrogen-bond donors (Lipinski definition) is 0. The van der Waals surface area contributed by atoms with Crippen LogP contribution in [0.2, 0.25) is 0 Å². The highest BCUT2D eigenvalue weighted by molar-refractivity contribution is 5.82. The molecule has 0 bridgehead atoms. The van der Waals surface area contributed by atoms with Crippen molar-refractivity contribution in [3.05, 3.63) is 29.8 Å². The second kappa shape index (κ2) is 11.1. The van der Waals surface area contributed by atoms with E-state index in [-0.39, 0.29) is 17.9 Å². The molecule has 2 heterocycles. The fraction of sp³-hybridized carbons (Fsp3) is 0.680. The van der Waals surface area contributed by atoms with Gasteiger partial charge in [-0.2, -0.15) is 0 Å². The normalized spacial score (nSPS) is 21.9. The van der Waals surface area contributed by atoms with Crippen LogP contribution >= 0.6 is 0 Å². The molecule has 0 radical (unpaired) electrons. The molecule has 2 aliphatic heterocycles. The molecule has 1 saturated carbocycles. The number of piperidine rings is 1. The van der Waals surface area contributed by atoms with Gasteiger partial charge in [-0.3, -0.25) is 14.5 Å². The van der Waals surface area contributed by atoms with Gasteiger partial charge in [-0.25, -0.2) is 0 Å². The number of carbonyl (C=O) groups excluding carboxylic acids is 2. The molecule has 7 heteroatoms. The van der Waals surface area contributed by atoms with Gasteiger partial charge >= 0.3 is 0 Å². The topological polar surface area (TPSA) is 62.3 Å². The number of methoxy groups -OCH3 is 1. The number of hydrogen-bond acceptors (Lipinski definition) is 5. The van der Waals surface area contributed by atoms with E-state index in [0.29, 0.717) is 18.9 Å². The van der Waals surface area contributed by atoms with E-state index >= 15 is 0 Å². The lowest BCUT2D eigenvalue weighted by Crippen LogP contribution is -2.53. The Morgan fingerprint density at radius 3 is 2.53 bits per heavy atom. The zero-order chi connectivity index (χ0) is 22.3.